The lowest BCUT2D eigenvalue weighted by Gasteiger charge is -2.29. The van der Waals surface area contributed by atoms with Crippen molar-refractivity contribution in [3.05, 3.63) is 147 Å². The molecule has 0 saturated carbocycles. The van der Waals surface area contributed by atoms with E-state index in [1.807, 2.05) is 36.6 Å². The second-order valence-electron chi connectivity index (χ2n) is 21.1. The molecule has 2 aliphatic rings. The monoisotopic (exact) mass is 1300 g/mol. The molecule has 88 heavy (non-hydrogen) atoms. The number of aromatic nitrogens is 7. The number of amides is 5. The molecule has 0 spiro atoms. The number of rotatable bonds is 14. The third kappa shape index (κ3) is 13.4. The number of likely N-dealkylation sites (N-methyl/N-ethyl adjacent to an activating group) is 1. The average Bonchev–Trinajstić information content (AvgIpc) is 3.06. The highest BCUT2D eigenvalue weighted by atomic mass is 32.1. The number of carbonyl (C=O) groups excluding carboxylic acids is 6. The number of thiazole rings is 6. The largest absolute Gasteiger partial charge is 0.492 e. The number of aliphatic hydroxyl groups is 2. The molecule has 0 unspecified atom stereocenters. The molecule has 1 saturated heterocycles. The fourth-order valence-corrected chi connectivity index (χ4v) is 15.9. The van der Waals surface area contributed by atoms with Crippen LogP contribution in [-0.2, 0) is 16.0 Å². The van der Waals surface area contributed by atoms with Crippen LogP contribution in [-0.4, -0.2) is 135 Å². The van der Waals surface area contributed by atoms with E-state index in [2.05, 4.69) is 34.4 Å². The van der Waals surface area contributed by atoms with Crippen molar-refractivity contribution in [2.24, 2.45) is 17.4 Å². The molecule has 22 nitrogen and oxygen atoms in total. The molecule has 28 heteroatoms. The van der Waals surface area contributed by atoms with Crippen molar-refractivity contribution in [3.8, 4) is 49.1 Å². The molecule has 7 atom stereocenters. The third-order valence-electron chi connectivity index (χ3n) is 15.3. The van der Waals surface area contributed by atoms with Crippen LogP contribution >= 0.6 is 68.0 Å². The minimum atomic E-state index is -1.29. The minimum absolute atomic E-state index is 0.00144. The lowest BCUT2D eigenvalue weighted by Crippen LogP contribution is -2.50. The van der Waals surface area contributed by atoms with E-state index in [0.717, 1.165) is 53.6 Å². The van der Waals surface area contributed by atoms with Gasteiger partial charge in [-0.15, -0.1) is 68.0 Å². The summed E-state index contributed by atoms with van der Waals surface area (Å²) in [6, 6.07) is 16.5. The van der Waals surface area contributed by atoms with Gasteiger partial charge < -0.3 is 46.9 Å². The van der Waals surface area contributed by atoms with Crippen molar-refractivity contribution in [3.63, 3.8) is 0 Å². The number of aryl methyl sites for hydroxylation is 1. The van der Waals surface area contributed by atoms with E-state index in [1.54, 1.807) is 70.4 Å². The van der Waals surface area contributed by atoms with E-state index >= 15 is 4.79 Å². The Hall–Kier alpha value is -7.93. The number of hydrogen-bond acceptors (Lipinski definition) is 23. The van der Waals surface area contributed by atoms with Gasteiger partial charge in [-0.25, -0.2) is 34.9 Å². The van der Waals surface area contributed by atoms with Crippen LogP contribution in [0, 0.1) is 12.8 Å². The number of pyridine rings is 1. The number of Topliss-reactive ketones (excluding diaryl/α,β-unsaturated/α-hetero) is 1. The number of primary amides is 2. The second kappa shape index (κ2) is 26.8. The Morgan fingerprint density at radius 3 is 2.09 bits per heavy atom. The molecule has 2 aromatic carbocycles. The Kier molecular flexibility index (Phi) is 18.8. The average molecular weight is 1300 g/mol. The van der Waals surface area contributed by atoms with Crippen molar-refractivity contribution in [2.45, 2.75) is 83.2 Å². The number of ether oxygens (including phenoxy) is 1. The first-order valence-electron chi connectivity index (χ1n) is 28.1. The summed E-state index contributed by atoms with van der Waals surface area (Å²) >= 11 is 7.10. The summed E-state index contributed by atoms with van der Waals surface area (Å²) in [6.45, 7) is 10.7. The number of hydrogen-bond donors (Lipinski definition) is 6. The van der Waals surface area contributed by atoms with Gasteiger partial charge in [-0.3, -0.25) is 28.8 Å². The normalized spacial score (nSPS) is 19.5. The Bertz CT molecular complexity index is 4040. The van der Waals surface area contributed by atoms with Gasteiger partial charge in [0, 0.05) is 75.1 Å². The van der Waals surface area contributed by atoms with Gasteiger partial charge in [-0.05, 0) is 55.4 Å². The van der Waals surface area contributed by atoms with Crippen LogP contribution in [0.3, 0.4) is 0 Å². The molecule has 2 aliphatic heterocycles. The van der Waals surface area contributed by atoms with E-state index < -0.39 is 77.5 Å². The Balaban J connectivity index is 0.998. The maximum absolute atomic E-state index is 15.4. The number of nitrogens with one attached hydrogen (secondary N) is 2. The fourth-order valence-electron chi connectivity index (χ4n) is 10.5. The van der Waals surface area contributed by atoms with Gasteiger partial charge in [0.05, 0.1) is 41.4 Å². The highest BCUT2D eigenvalue weighted by Crippen LogP contribution is 2.43. The van der Waals surface area contributed by atoms with Gasteiger partial charge >= 0.3 is 0 Å². The van der Waals surface area contributed by atoms with Gasteiger partial charge in [-0.1, -0.05) is 63.2 Å². The molecule has 8 N–H and O–H groups in total. The van der Waals surface area contributed by atoms with E-state index in [0.29, 0.717) is 76.7 Å². The molecule has 454 valence electrons. The zero-order valence-corrected chi connectivity index (χ0v) is 52.7. The number of carbonyl (C=O) groups is 6. The minimum Gasteiger partial charge on any atom is -0.492 e. The standard InChI is InChI=1S/C60H59N13O9S6/c1-5-72(6-2)18-19-82-33-14-12-31(13-15-33)20-38-60(81)73-23-45(75)29(3)49(73)59-70-43(28-87-59)57-66-39(24-85-57)48-34(16-17-36(63-48)56-67-40(25-86-56)51(62)78)54-68-41(26-83-54)52(79)64-37(22-46(61)76)58-71-47(30(4)88-58)44(74)21-35(50(77)32-10-8-7-9-11-32)55-69-42(27-84-55)53(80)65-38/h7-17,24-29,35,37-38,45,49-50,75,77H,5-6,18-23H2,1-4H3,(H2,61,76)(H2,62,78)(H,64,79)(H,65,80)/t29-,35-,37-,38-,45-,49-,50+/m0/s1. The maximum Gasteiger partial charge on any atom is 0.271 e. The molecule has 10 bridgehead atoms. The number of nitrogens with zero attached hydrogens (tertiary/aromatic N) is 9. The summed E-state index contributed by atoms with van der Waals surface area (Å²) in [5.41, 5.74) is 14.8. The zero-order valence-electron chi connectivity index (χ0n) is 47.8. The first-order valence-corrected chi connectivity index (χ1v) is 33.3. The summed E-state index contributed by atoms with van der Waals surface area (Å²) in [4.78, 5) is 122. The van der Waals surface area contributed by atoms with Crippen LogP contribution < -0.4 is 26.8 Å². The topological polar surface area (TPSA) is 325 Å². The summed E-state index contributed by atoms with van der Waals surface area (Å²) < 4.78 is 6.08. The van der Waals surface area contributed by atoms with Crippen LogP contribution in [0.5, 0.6) is 5.75 Å². The SMILES string of the molecule is CCN(CC)CCOc1ccc(C[C@@H]2NC(=O)c3csc(n3)[C@H]([C@H](O)c3ccccc3)CC(=O)c3nc(sc3C)[C@H](CC(N)=O)NC(=O)c3csc(n3)-c3ccc(-c4nc(C(N)=O)cs4)nc3-c3csc(n3)-c3csc(n3)[C@@H]3[C@@H](C)[C@@H](O)CN3C2=O)cc1. The van der Waals surface area contributed by atoms with E-state index in [1.165, 1.54) is 39.4 Å². The van der Waals surface area contributed by atoms with Crippen LogP contribution in [0.1, 0.15) is 131 Å². The molecule has 0 radical (unpaired) electrons. The van der Waals surface area contributed by atoms with Crippen LogP contribution in [0.25, 0.3) is 43.4 Å². The Morgan fingerprint density at radius 1 is 0.716 bits per heavy atom. The lowest BCUT2D eigenvalue weighted by molar-refractivity contribution is -0.134. The molecule has 0 aliphatic carbocycles. The van der Waals surface area contributed by atoms with Gasteiger partial charge in [0.2, 0.25) is 11.8 Å². The third-order valence-corrected chi connectivity index (χ3v) is 20.9. The van der Waals surface area contributed by atoms with Crippen LogP contribution in [0.2, 0.25) is 0 Å². The lowest BCUT2D eigenvalue weighted by atomic mass is 9.90. The molecule has 9 heterocycles. The van der Waals surface area contributed by atoms with E-state index in [9.17, 15) is 34.2 Å². The second-order valence-corrected chi connectivity index (χ2v) is 26.7. The summed E-state index contributed by atoms with van der Waals surface area (Å²) in [7, 11) is 0. The van der Waals surface area contributed by atoms with Crippen molar-refractivity contribution in [1.29, 1.82) is 0 Å². The Morgan fingerprint density at radius 2 is 1.36 bits per heavy atom. The predicted octanol–water partition coefficient (Wildman–Crippen LogP) is 8.29. The molecule has 9 aromatic rings. The Labute approximate surface area is 528 Å². The highest BCUT2D eigenvalue weighted by molar-refractivity contribution is 7.15. The number of aliphatic hydroxyl groups excluding tert-OH is 2. The highest BCUT2D eigenvalue weighted by Gasteiger charge is 2.45. The van der Waals surface area contributed by atoms with Crippen molar-refractivity contribution in [2.75, 3.05) is 32.8 Å². The van der Waals surface area contributed by atoms with E-state index in [4.69, 9.17) is 46.1 Å². The van der Waals surface area contributed by atoms with Gasteiger partial charge in [-0.2, -0.15) is 0 Å². The summed E-state index contributed by atoms with van der Waals surface area (Å²) in [6.07, 6.45) is -2.90. The fraction of sp³-hybridized carbons (Fsp3) is 0.317. The smallest absolute Gasteiger partial charge is 0.271 e. The molecular formula is C60H59N13O9S6. The molecule has 11 rings (SSSR count). The summed E-state index contributed by atoms with van der Waals surface area (Å²) in [5, 5.41) is 40.1. The van der Waals surface area contributed by atoms with Gasteiger partial charge in [0.25, 0.3) is 17.7 Å². The number of fused-ring (bicyclic) bond motifs is 16. The van der Waals surface area contributed by atoms with Crippen LogP contribution in [0.4, 0.5) is 0 Å². The molecule has 7 aromatic heterocycles. The molecular weight excluding hydrogens is 1240 g/mol. The van der Waals surface area contributed by atoms with Crippen molar-refractivity contribution >= 4 is 103 Å². The zero-order chi connectivity index (χ0) is 61.9. The van der Waals surface area contributed by atoms with E-state index in [-0.39, 0.29) is 58.6 Å². The van der Waals surface area contributed by atoms with Crippen LogP contribution in [0.15, 0.2) is 93.6 Å². The van der Waals surface area contributed by atoms with Crippen molar-refractivity contribution in [1.82, 2.24) is 55.3 Å². The van der Waals surface area contributed by atoms with Crippen molar-refractivity contribution < 1.29 is 43.7 Å². The number of benzene rings is 2. The quantitative estimate of drug-likeness (QED) is 0.0596. The number of ketones is 1. The number of nitrogens with two attached hydrogens (primary N) is 2. The first kappa shape index (κ1) is 61.7. The maximum atomic E-state index is 15.4. The van der Waals surface area contributed by atoms with Gasteiger partial charge in [0.1, 0.15) is 83.3 Å². The molecule has 1 fully saturated rings. The first-order chi connectivity index (χ1) is 42.4. The van der Waals surface area contributed by atoms with Gasteiger partial charge in [0.15, 0.2) is 5.78 Å². The molecule has 5 amide bonds. The summed E-state index contributed by atoms with van der Waals surface area (Å²) in [5.74, 6) is -4.62. The predicted molar refractivity (Wildman–Crippen MR) is 338 cm³/mol.